The second-order valence-electron chi connectivity index (χ2n) is 4.65. The largest absolute Gasteiger partial charge is 0.516 e. The van der Waals surface area contributed by atoms with Gasteiger partial charge in [0.15, 0.2) is 0 Å². The Balaban J connectivity index is 2.58. The summed E-state index contributed by atoms with van der Waals surface area (Å²) in [5, 5.41) is 0. The van der Waals surface area contributed by atoms with Crippen LogP contribution in [-0.4, -0.2) is 31.5 Å². The molecule has 120 valence electrons. The maximum atomic E-state index is 11.6. The fraction of sp³-hybridized carbons (Fsp3) is 0.400. The van der Waals surface area contributed by atoms with E-state index in [1.165, 1.54) is 38.3 Å². The first kappa shape index (κ1) is 17.5. The number of hydrogen-bond acceptors (Lipinski definition) is 7. The van der Waals surface area contributed by atoms with Gasteiger partial charge in [-0.05, 0) is 18.2 Å². The van der Waals surface area contributed by atoms with Gasteiger partial charge in [0.2, 0.25) is 6.29 Å². The number of carbonyl (C=O) groups excluding carboxylic acids is 3. The van der Waals surface area contributed by atoms with Crippen molar-refractivity contribution in [2.24, 2.45) is 5.92 Å². The number of benzene rings is 1. The lowest BCUT2D eigenvalue weighted by molar-refractivity contribution is -0.170. The Morgan fingerprint density at radius 2 is 1.73 bits per heavy atom. The van der Waals surface area contributed by atoms with Gasteiger partial charge in [-0.2, -0.15) is 0 Å². The summed E-state index contributed by atoms with van der Waals surface area (Å²) in [6, 6.07) is 5.84. The highest BCUT2D eigenvalue weighted by molar-refractivity contribution is 5.89. The molecule has 0 N–H and O–H groups in total. The molecule has 0 saturated heterocycles. The minimum atomic E-state index is -1.08. The van der Waals surface area contributed by atoms with E-state index >= 15 is 0 Å². The van der Waals surface area contributed by atoms with Crippen LogP contribution in [0.2, 0.25) is 0 Å². The van der Waals surface area contributed by atoms with Crippen molar-refractivity contribution in [1.29, 1.82) is 0 Å². The van der Waals surface area contributed by atoms with E-state index in [-0.39, 0.29) is 17.2 Å². The lowest BCUT2D eigenvalue weighted by Crippen LogP contribution is -2.25. The van der Waals surface area contributed by atoms with Gasteiger partial charge < -0.3 is 18.9 Å². The van der Waals surface area contributed by atoms with Crippen molar-refractivity contribution in [3.63, 3.8) is 0 Å². The van der Waals surface area contributed by atoms with E-state index in [9.17, 15) is 14.4 Å². The highest BCUT2D eigenvalue weighted by atomic mass is 16.8. The Kier molecular flexibility index (Phi) is 6.37. The van der Waals surface area contributed by atoms with Crippen LogP contribution in [0.15, 0.2) is 24.3 Å². The Morgan fingerprint density at radius 3 is 2.32 bits per heavy atom. The number of carbonyl (C=O) groups is 3. The molecule has 0 aromatic heterocycles. The highest BCUT2D eigenvalue weighted by Gasteiger charge is 2.18. The molecule has 0 fully saturated rings. The Morgan fingerprint density at radius 1 is 1.05 bits per heavy atom. The zero-order chi connectivity index (χ0) is 16.7. The molecule has 1 atom stereocenters. The van der Waals surface area contributed by atoms with E-state index in [0.717, 1.165) is 0 Å². The van der Waals surface area contributed by atoms with Crippen LogP contribution in [0, 0.1) is 5.92 Å². The molecule has 0 bridgehead atoms. The van der Waals surface area contributed by atoms with Gasteiger partial charge in [-0.1, -0.05) is 19.9 Å². The van der Waals surface area contributed by atoms with Crippen molar-refractivity contribution >= 4 is 18.1 Å². The topological polar surface area (TPSA) is 88.1 Å². The van der Waals surface area contributed by atoms with Crippen molar-refractivity contribution in [3.8, 4) is 5.75 Å². The average molecular weight is 310 g/mol. The zero-order valence-corrected chi connectivity index (χ0v) is 12.8. The normalized spacial score (nSPS) is 11.5. The van der Waals surface area contributed by atoms with Crippen molar-refractivity contribution in [2.45, 2.75) is 27.1 Å². The Labute approximate surface area is 128 Å². The summed E-state index contributed by atoms with van der Waals surface area (Å²) in [5.41, 5.74) is 0.229. The monoisotopic (exact) mass is 310 g/mol. The Hall–Kier alpha value is -2.57. The smallest absolute Gasteiger partial charge is 0.465 e. The average Bonchev–Trinajstić information content (AvgIpc) is 2.46. The van der Waals surface area contributed by atoms with Gasteiger partial charge in [-0.25, -0.2) is 9.59 Å². The molecular formula is C15H18O7. The van der Waals surface area contributed by atoms with Gasteiger partial charge >= 0.3 is 18.1 Å². The predicted octanol–water partition coefficient (Wildman–Crippen LogP) is 2.53. The van der Waals surface area contributed by atoms with Gasteiger partial charge in [0.25, 0.3) is 0 Å². The number of ether oxygens (including phenoxy) is 4. The van der Waals surface area contributed by atoms with Crippen LogP contribution in [0.4, 0.5) is 4.79 Å². The lowest BCUT2D eigenvalue weighted by atomic mass is 10.2. The van der Waals surface area contributed by atoms with E-state index in [4.69, 9.17) is 14.2 Å². The molecule has 0 aliphatic rings. The maximum Gasteiger partial charge on any atom is 0.516 e. The van der Waals surface area contributed by atoms with Crippen molar-refractivity contribution in [3.05, 3.63) is 29.8 Å². The first-order valence-electron chi connectivity index (χ1n) is 6.60. The summed E-state index contributed by atoms with van der Waals surface area (Å²) >= 11 is 0. The molecule has 0 amide bonds. The van der Waals surface area contributed by atoms with Gasteiger partial charge in [-0.3, -0.25) is 4.79 Å². The second-order valence-corrected chi connectivity index (χ2v) is 4.65. The van der Waals surface area contributed by atoms with Gasteiger partial charge in [-0.15, -0.1) is 0 Å². The third kappa shape index (κ3) is 5.43. The van der Waals surface area contributed by atoms with E-state index in [2.05, 4.69) is 4.74 Å². The Bertz CT molecular complexity index is 551. The summed E-state index contributed by atoms with van der Waals surface area (Å²) in [5.74, 6) is -1.28. The number of rotatable bonds is 5. The number of methoxy groups -OCH3 is 1. The molecule has 0 spiro atoms. The molecule has 0 aliphatic heterocycles. The van der Waals surface area contributed by atoms with Gasteiger partial charge in [0.05, 0.1) is 18.6 Å². The van der Waals surface area contributed by atoms with Gasteiger partial charge in [0.1, 0.15) is 5.75 Å². The molecule has 0 saturated carbocycles. The summed E-state index contributed by atoms with van der Waals surface area (Å²) in [6.07, 6.45) is -2.13. The number of esters is 2. The van der Waals surface area contributed by atoms with Crippen molar-refractivity contribution in [1.82, 2.24) is 0 Å². The highest BCUT2D eigenvalue weighted by Crippen LogP contribution is 2.15. The van der Waals surface area contributed by atoms with Crippen molar-refractivity contribution < 1.29 is 33.3 Å². The van der Waals surface area contributed by atoms with Crippen LogP contribution in [0.5, 0.6) is 5.75 Å². The lowest BCUT2D eigenvalue weighted by Gasteiger charge is -2.15. The van der Waals surface area contributed by atoms with Crippen molar-refractivity contribution in [2.75, 3.05) is 7.11 Å². The van der Waals surface area contributed by atoms with Crippen LogP contribution in [0.25, 0.3) is 0 Å². The first-order valence-corrected chi connectivity index (χ1v) is 6.60. The summed E-state index contributed by atoms with van der Waals surface area (Å²) in [7, 11) is 1.24. The third-order valence-corrected chi connectivity index (χ3v) is 2.47. The summed E-state index contributed by atoms with van der Waals surface area (Å²) in [4.78, 5) is 34.3. The van der Waals surface area contributed by atoms with E-state index in [1.807, 2.05) is 0 Å². The van der Waals surface area contributed by atoms with Crippen LogP contribution >= 0.6 is 0 Å². The van der Waals surface area contributed by atoms with Gasteiger partial charge in [0, 0.05) is 6.92 Å². The molecule has 7 heteroatoms. The predicted molar refractivity (Wildman–Crippen MR) is 75.3 cm³/mol. The zero-order valence-electron chi connectivity index (χ0n) is 12.8. The van der Waals surface area contributed by atoms with E-state index < -0.39 is 24.4 Å². The summed E-state index contributed by atoms with van der Waals surface area (Å²) < 4.78 is 19.1. The molecule has 7 nitrogen and oxygen atoms in total. The third-order valence-electron chi connectivity index (χ3n) is 2.47. The maximum absolute atomic E-state index is 11.6. The molecular weight excluding hydrogens is 292 g/mol. The molecule has 0 unspecified atom stereocenters. The summed E-state index contributed by atoms with van der Waals surface area (Å²) in [6.45, 7) is 4.71. The molecule has 0 radical (unpaired) electrons. The van der Waals surface area contributed by atoms with E-state index in [0.29, 0.717) is 0 Å². The fourth-order valence-corrected chi connectivity index (χ4v) is 1.38. The molecule has 0 aliphatic carbocycles. The fourth-order valence-electron chi connectivity index (χ4n) is 1.38. The van der Waals surface area contributed by atoms with Crippen LogP contribution in [0.3, 0.4) is 0 Å². The van der Waals surface area contributed by atoms with Crippen LogP contribution in [0.1, 0.15) is 31.1 Å². The molecule has 1 aromatic rings. The quantitative estimate of drug-likeness (QED) is 0.469. The minimum Gasteiger partial charge on any atom is -0.465 e. The van der Waals surface area contributed by atoms with Crippen LogP contribution < -0.4 is 4.74 Å². The van der Waals surface area contributed by atoms with Crippen LogP contribution in [-0.2, 0) is 19.0 Å². The standard InChI is InChI=1S/C15H18O7/c1-9(2)13(16)20-10(3)21-15(18)22-12-7-5-6-11(8-12)14(17)19-4/h5-10H,1-4H3/t10-/m1/s1. The molecule has 1 aromatic carbocycles. The molecule has 0 heterocycles. The molecule has 22 heavy (non-hydrogen) atoms. The SMILES string of the molecule is COC(=O)c1cccc(OC(=O)O[C@H](C)OC(=O)C(C)C)c1. The second kappa shape index (κ2) is 8.02. The molecule has 1 rings (SSSR count). The first-order chi connectivity index (χ1) is 10.3. The van der Waals surface area contributed by atoms with E-state index in [1.54, 1.807) is 13.8 Å². The number of hydrogen-bond donors (Lipinski definition) is 0. The minimum absolute atomic E-state index is 0.107.